The lowest BCUT2D eigenvalue weighted by Gasteiger charge is -1.95. The van der Waals surface area contributed by atoms with Gasteiger partial charge in [0.05, 0.1) is 18.2 Å². The highest BCUT2D eigenvalue weighted by atomic mass is 32.2. The molecule has 58 valence electrons. The molecule has 0 spiro atoms. The average molecular weight is 161 g/mol. The third-order valence-corrected chi connectivity index (χ3v) is 1.51. The Morgan fingerprint density at radius 3 is 2.80 bits per heavy atom. The minimum atomic E-state index is -0.404. The van der Waals surface area contributed by atoms with Crippen LogP contribution in [0.5, 0.6) is 0 Å². The summed E-state index contributed by atoms with van der Waals surface area (Å²) in [5, 5.41) is 0.495. The van der Waals surface area contributed by atoms with Crippen LogP contribution in [0.4, 0.5) is 0 Å². The summed E-state index contributed by atoms with van der Waals surface area (Å²) in [6.07, 6.45) is 1.27. The summed E-state index contributed by atoms with van der Waals surface area (Å²) in [5.74, 6) is 0.456. The lowest BCUT2D eigenvalue weighted by Crippen LogP contribution is -2.01. The number of nitrogens with two attached hydrogens (primary N) is 1. The fraction of sp³-hybridized carbons (Fsp3) is 0.500. The van der Waals surface area contributed by atoms with Gasteiger partial charge in [-0.15, -0.1) is 11.8 Å². The van der Waals surface area contributed by atoms with Crippen molar-refractivity contribution < 1.29 is 9.53 Å². The average Bonchev–Trinajstić information content (AvgIpc) is 1.88. The van der Waals surface area contributed by atoms with Crippen molar-refractivity contribution in [1.82, 2.24) is 0 Å². The molecule has 3 nitrogen and oxygen atoms in total. The first kappa shape index (κ1) is 9.36. The second-order valence-electron chi connectivity index (χ2n) is 1.50. The van der Waals surface area contributed by atoms with Crippen molar-refractivity contribution in [3.05, 3.63) is 11.1 Å². The van der Waals surface area contributed by atoms with Crippen LogP contribution >= 0.6 is 11.8 Å². The highest BCUT2D eigenvalue weighted by Gasteiger charge is 1.95. The molecule has 0 amide bonds. The molecule has 0 radical (unpaired) electrons. The van der Waals surface area contributed by atoms with Crippen LogP contribution in [-0.4, -0.2) is 18.8 Å². The molecule has 0 saturated carbocycles. The van der Waals surface area contributed by atoms with E-state index in [0.717, 1.165) is 5.75 Å². The van der Waals surface area contributed by atoms with Crippen molar-refractivity contribution in [1.29, 1.82) is 0 Å². The summed E-state index contributed by atoms with van der Waals surface area (Å²) < 4.78 is 4.36. The molecule has 2 N–H and O–H groups in total. The molecule has 0 bridgehead atoms. The first-order chi connectivity index (χ1) is 4.70. The van der Waals surface area contributed by atoms with Gasteiger partial charge in [0.2, 0.25) is 0 Å². The van der Waals surface area contributed by atoms with E-state index in [0.29, 0.717) is 5.03 Å². The van der Waals surface area contributed by atoms with Gasteiger partial charge in [0.25, 0.3) is 0 Å². The number of rotatable bonds is 3. The SMILES string of the molecule is CCSC(N)=CC(=O)OC. The van der Waals surface area contributed by atoms with Crippen molar-refractivity contribution in [2.45, 2.75) is 6.92 Å². The maximum absolute atomic E-state index is 10.5. The second-order valence-corrected chi connectivity index (χ2v) is 2.84. The number of methoxy groups -OCH3 is 1. The lowest BCUT2D eigenvalue weighted by atomic mass is 10.6. The summed E-state index contributed by atoms with van der Waals surface area (Å²) in [6.45, 7) is 1.96. The quantitative estimate of drug-likeness (QED) is 0.489. The largest absolute Gasteiger partial charge is 0.466 e. The topological polar surface area (TPSA) is 52.3 Å². The Morgan fingerprint density at radius 2 is 2.40 bits per heavy atom. The third-order valence-electron chi connectivity index (χ3n) is 0.772. The molecule has 0 fully saturated rings. The maximum Gasteiger partial charge on any atom is 0.333 e. The Bertz CT molecular complexity index is 145. The Morgan fingerprint density at radius 1 is 1.80 bits per heavy atom. The fourth-order valence-corrected chi connectivity index (χ4v) is 0.896. The molecule has 0 aliphatic rings. The van der Waals surface area contributed by atoms with Crippen molar-refractivity contribution in [2.75, 3.05) is 12.9 Å². The molecule has 0 aliphatic carbocycles. The number of thioether (sulfide) groups is 1. The Kier molecular flexibility index (Phi) is 4.84. The molecule has 4 heteroatoms. The zero-order chi connectivity index (χ0) is 7.98. The van der Waals surface area contributed by atoms with E-state index in [2.05, 4.69) is 4.74 Å². The smallest absolute Gasteiger partial charge is 0.333 e. The summed E-state index contributed by atoms with van der Waals surface area (Å²) in [5.41, 5.74) is 5.38. The van der Waals surface area contributed by atoms with Crippen molar-refractivity contribution >= 4 is 17.7 Å². The van der Waals surface area contributed by atoms with E-state index in [-0.39, 0.29) is 0 Å². The van der Waals surface area contributed by atoms with Gasteiger partial charge in [-0.2, -0.15) is 0 Å². The van der Waals surface area contributed by atoms with Crippen molar-refractivity contribution in [3.63, 3.8) is 0 Å². The number of carbonyl (C=O) groups excluding carboxylic acids is 1. The van der Waals surface area contributed by atoms with E-state index >= 15 is 0 Å². The lowest BCUT2D eigenvalue weighted by molar-refractivity contribution is -0.134. The summed E-state index contributed by atoms with van der Waals surface area (Å²) in [7, 11) is 1.32. The number of carbonyl (C=O) groups is 1. The van der Waals surface area contributed by atoms with Crippen LogP contribution in [0.15, 0.2) is 11.1 Å². The number of hydrogen-bond donors (Lipinski definition) is 1. The predicted octanol–water partition coefficient (Wildman–Crippen LogP) is 0.713. The van der Waals surface area contributed by atoms with Gasteiger partial charge in [-0.3, -0.25) is 0 Å². The van der Waals surface area contributed by atoms with Gasteiger partial charge in [0.15, 0.2) is 0 Å². The van der Waals surface area contributed by atoms with Gasteiger partial charge < -0.3 is 10.5 Å². The zero-order valence-electron chi connectivity index (χ0n) is 6.09. The van der Waals surface area contributed by atoms with Crippen LogP contribution in [0.2, 0.25) is 0 Å². The van der Waals surface area contributed by atoms with E-state index in [1.54, 1.807) is 0 Å². The van der Waals surface area contributed by atoms with E-state index in [9.17, 15) is 4.79 Å². The van der Waals surface area contributed by atoms with Crippen LogP contribution in [0.25, 0.3) is 0 Å². The van der Waals surface area contributed by atoms with Crippen LogP contribution in [-0.2, 0) is 9.53 Å². The molecule has 0 aromatic heterocycles. The standard InChI is InChI=1S/C6H11NO2S/c1-3-10-5(7)4-6(8)9-2/h4H,3,7H2,1-2H3. The summed E-state index contributed by atoms with van der Waals surface area (Å²) >= 11 is 1.41. The van der Waals surface area contributed by atoms with Gasteiger partial charge in [0, 0.05) is 0 Å². The van der Waals surface area contributed by atoms with Crippen LogP contribution < -0.4 is 5.73 Å². The molecule has 0 aromatic rings. The third kappa shape index (κ3) is 4.26. The molecule has 0 aromatic carbocycles. The highest BCUT2D eigenvalue weighted by Crippen LogP contribution is 2.07. The number of esters is 1. The molecule has 0 heterocycles. The zero-order valence-corrected chi connectivity index (χ0v) is 6.90. The maximum atomic E-state index is 10.5. The van der Waals surface area contributed by atoms with Crippen molar-refractivity contribution in [2.24, 2.45) is 5.73 Å². The van der Waals surface area contributed by atoms with Gasteiger partial charge in [-0.05, 0) is 5.75 Å². The molecule has 10 heavy (non-hydrogen) atoms. The van der Waals surface area contributed by atoms with Gasteiger partial charge in [0.1, 0.15) is 0 Å². The Balaban J connectivity index is 3.77. The highest BCUT2D eigenvalue weighted by molar-refractivity contribution is 8.02. The van der Waals surface area contributed by atoms with Crippen LogP contribution in [0, 0.1) is 0 Å². The minimum absolute atomic E-state index is 0.404. The molecular weight excluding hydrogens is 150 g/mol. The van der Waals surface area contributed by atoms with E-state index in [1.165, 1.54) is 24.9 Å². The molecule has 0 rings (SSSR count). The summed E-state index contributed by atoms with van der Waals surface area (Å²) in [4.78, 5) is 10.5. The first-order valence-corrected chi connectivity index (χ1v) is 3.87. The van der Waals surface area contributed by atoms with E-state index in [1.807, 2.05) is 6.92 Å². The minimum Gasteiger partial charge on any atom is -0.466 e. The summed E-state index contributed by atoms with van der Waals surface area (Å²) in [6, 6.07) is 0. The van der Waals surface area contributed by atoms with Crippen LogP contribution in [0.3, 0.4) is 0 Å². The van der Waals surface area contributed by atoms with E-state index in [4.69, 9.17) is 5.73 Å². The Labute approximate surface area is 64.6 Å². The molecule has 0 unspecified atom stereocenters. The molecular formula is C6H11NO2S. The second kappa shape index (κ2) is 5.17. The predicted molar refractivity (Wildman–Crippen MR) is 42.4 cm³/mol. The first-order valence-electron chi connectivity index (χ1n) is 2.88. The van der Waals surface area contributed by atoms with E-state index < -0.39 is 5.97 Å². The molecule has 0 saturated heterocycles. The Hall–Kier alpha value is -0.640. The van der Waals surface area contributed by atoms with Gasteiger partial charge in [-0.25, -0.2) is 4.79 Å². The fourth-order valence-electron chi connectivity index (χ4n) is 0.383. The van der Waals surface area contributed by atoms with Crippen LogP contribution in [0.1, 0.15) is 6.92 Å². The van der Waals surface area contributed by atoms with Gasteiger partial charge >= 0.3 is 5.97 Å². The normalized spacial score (nSPS) is 11.2. The molecule has 0 aliphatic heterocycles. The monoisotopic (exact) mass is 161 g/mol. The molecule has 0 atom stereocenters. The van der Waals surface area contributed by atoms with Crippen molar-refractivity contribution in [3.8, 4) is 0 Å². The number of hydrogen-bond acceptors (Lipinski definition) is 4. The van der Waals surface area contributed by atoms with Gasteiger partial charge in [-0.1, -0.05) is 6.92 Å². The number of ether oxygens (including phenoxy) is 1.